The van der Waals surface area contributed by atoms with E-state index in [0.29, 0.717) is 5.92 Å². The second-order valence-corrected chi connectivity index (χ2v) is 6.41. The van der Waals surface area contributed by atoms with Crippen LogP contribution >= 0.6 is 11.6 Å². The number of nitrogens with two attached hydrogens (primary N) is 1. The van der Waals surface area contributed by atoms with Gasteiger partial charge in [-0.3, -0.25) is 4.90 Å². The Bertz CT molecular complexity index is 411. The van der Waals surface area contributed by atoms with Gasteiger partial charge in [0.25, 0.3) is 0 Å². The third-order valence-electron chi connectivity index (χ3n) is 4.36. The Kier molecular flexibility index (Phi) is 5.44. The second kappa shape index (κ2) is 6.90. The summed E-state index contributed by atoms with van der Waals surface area (Å²) in [6.07, 6.45) is 1.87. The average Bonchev–Trinajstić information content (AvgIpc) is 2.41. The predicted octanol–water partition coefficient (Wildman–Crippen LogP) is 2.82. The van der Waals surface area contributed by atoms with Gasteiger partial charge in [-0.2, -0.15) is 0 Å². The van der Waals surface area contributed by atoms with Crippen LogP contribution in [0.25, 0.3) is 0 Å². The Morgan fingerprint density at radius 1 is 1.20 bits per heavy atom. The van der Waals surface area contributed by atoms with Crippen LogP contribution in [0.4, 0.5) is 0 Å². The quantitative estimate of drug-likeness (QED) is 0.898. The van der Waals surface area contributed by atoms with Crippen molar-refractivity contribution < 1.29 is 5.11 Å². The van der Waals surface area contributed by atoms with Gasteiger partial charge in [-0.1, -0.05) is 23.7 Å². The standard InChI is InChI=1S/C16H25ClN2O/c1-11(18)16(14-3-5-15(17)6-4-14)19-9-7-13(8-10-19)12(2)20/h3-6,11-13,16,20H,7-10,18H2,1-2H3. The zero-order chi connectivity index (χ0) is 14.7. The van der Waals surface area contributed by atoms with Gasteiger partial charge in [0.2, 0.25) is 0 Å². The summed E-state index contributed by atoms with van der Waals surface area (Å²) in [4.78, 5) is 2.44. The molecule has 2 rings (SSSR count). The molecule has 1 heterocycles. The van der Waals surface area contributed by atoms with Crippen molar-refractivity contribution in [3.8, 4) is 0 Å². The van der Waals surface area contributed by atoms with Gasteiger partial charge in [-0.15, -0.1) is 0 Å². The molecule has 0 bridgehead atoms. The number of rotatable bonds is 4. The van der Waals surface area contributed by atoms with E-state index in [-0.39, 0.29) is 18.2 Å². The minimum Gasteiger partial charge on any atom is -0.393 e. The third-order valence-corrected chi connectivity index (χ3v) is 4.61. The molecule has 0 aromatic heterocycles. The highest BCUT2D eigenvalue weighted by Crippen LogP contribution is 2.30. The molecule has 4 heteroatoms. The van der Waals surface area contributed by atoms with E-state index < -0.39 is 0 Å². The number of likely N-dealkylation sites (tertiary alicyclic amines) is 1. The minimum absolute atomic E-state index is 0.0688. The van der Waals surface area contributed by atoms with Gasteiger partial charge < -0.3 is 10.8 Å². The highest BCUT2D eigenvalue weighted by atomic mass is 35.5. The number of piperidine rings is 1. The number of aliphatic hydroxyl groups is 1. The zero-order valence-corrected chi connectivity index (χ0v) is 13.1. The van der Waals surface area contributed by atoms with Crippen molar-refractivity contribution in [1.82, 2.24) is 4.90 Å². The van der Waals surface area contributed by atoms with Crippen molar-refractivity contribution in [2.75, 3.05) is 13.1 Å². The zero-order valence-electron chi connectivity index (χ0n) is 12.3. The molecular weight excluding hydrogens is 272 g/mol. The van der Waals surface area contributed by atoms with Gasteiger partial charge >= 0.3 is 0 Å². The molecule has 3 nitrogen and oxygen atoms in total. The number of halogens is 1. The first-order valence-corrected chi connectivity index (χ1v) is 7.80. The molecular formula is C16H25ClN2O. The highest BCUT2D eigenvalue weighted by molar-refractivity contribution is 6.30. The minimum atomic E-state index is -0.207. The number of hydrogen-bond acceptors (Lipinski definition) is 3. The van der Waals surface area contributed by atoms with Crippen LogP contribution in [0.5, 0.6) is 0 Å². The fourth-order valence-electron chi connectivity index (χ4n) is 3.19. The topological polar surface area (TPSA) is 49.5 Å². The van der Waals surface area contributed by atoms with Crippen molar-refractivity contribution in [2.45, 2.75) is 44.9 Å². The van der Waals surface area contributed by atoms with Crippen LogP contribution in [-0.2, 0) is 0 Å². The summed E-state index contributed by atoms with van der Waals surface area (Å²) in [7, 11) is 0. The van der Waals surface area contributed by atoms with Gasteiger partial charge in [0.05, 0.1) is 6.10 Å². The molecule has 1 aromatic rings. The summed E-state index contributed by atoms with van der Waals surface area (Å²) >= 11 is 5.96. The third kappa shape index (κ3) is 3.73. The Labute approximate surface area is 126 Å². The van der Waals surface area contributed by atoms with Crippen molar-refractivity contribution in [3.63, 3.8) is 0 Å². The lowest BCUT2D eigenvalue weighted by Gasteiger charge is -2.40. The molecule has 3 atom stereocenters. The van der Waals surface area contributed by atoms with Gasteiger partial charge in [-0.05, 0) is 63.4 Å². The van der Waals surface area contributed by atoms with E-state index >= 15 is 0 Å². The summed E-state index contributed by atoms with van der Waals surface area (Å²) in [6.45, 7) is 5.93. The van der Waals surface area contributed by atoms with E-state index in [1.165, 1.54) is 5.56 Å². The summed E-state index contributed by atoms with van der Waals surface area (Å²) in [5, 5.41) is 10.5. The number of hydrogen-bond donors (Lipinski definition) is 2. The summed E-state index contributed by atoms with van der Waals surface area (Å²) in [5.74, 6) is 0.421. The fraction of sp³-hybridized carbons (Fsp3) is 0.625. The average molecular weight is 297 g/mol. The number of aliphatic hydroxyl groups excluding tert-OH is 1. The molecule has 1 fully saturated rings. The highest BCUT2D eigenvalue weighted by Gasteiger charge is 2.29. The van der Waals surface area contributed by atoms with Crippen LogP contribution in [0, 0.1) is 5.92 Å². The van der Waals surface area contributed by atoms with Gasteiger partial charge in [0, 0.05) is 17.1 Å². The molecule has 0 radical (unpaired) electrons. The molecule has 112 valence electrons. The van der Waals surface area contributed by atoms with Crippen molar-refractivity contribution >= 4 is 11.6 Å². The van der Waals surface area contributed by atoms with Crippen LogP contribution in [0.15, 0.2) is 24.3 Å². The Morgan fingerprint density at radius 2 is 1.75 bits per heavy atom. The first kappa shape index (κ1) is 15.8. The summed E-state index contributed by atoms with van der Waals surface area (Å²) < 4.78 is 0. The molecule has 1 aromatic carbocycles. The molecule has 0 amide bonds. The lowest BCUT2D eigenvalue weighted by Crippen LogP contribution is -2.45. The SMILES string of the molecule is CC(N)C(c1ccc(Cl)cc1)N1CCC(C(C)O)CC1. The van der Waals surface area contributed by atoms with Crippen LogP contribution in [0.3, 0.4) is 0 Å². The molecule has 1 saturated heterocycles. The van der Waals surface area contributed by atoms with Crippen molar-refractivity contribution in [2.24, 2.45) is 11.7 Å². The molecule has 0 saturated carbocycles. The van der Waals surface area contributed by atoms with E-state index in [1.807, 2.05) is 19.1 Å². The molecule has 0 spiro atoms. The Morgan fingerprint density at radius 3 is 2.20 bits per heavy atom. The summed E-state index contributed by atoms with van der Waals surface area (Å²) in [6, 6.07) is 8.28. The fourth-order valence-corrected chi connectivity index (χ4v) is 3.31. The first-order valence-electron chi connectivity index (χ1n) is 7.42. The van der Waals surface area contributed by atoms with Crippen LogP contribution in [0.1, 0.15) is 38.3 Å². The maximum absolute atomic E-state index is 9.70. The van der Waals surface area contributed by atoms with Crippen LogP contribution in [0.2, 0.25) is 5.02 Å². The lowest BCUT2D eigenvalue weighted by molar-refractivity contribution is 0.0511. The Balaban J connectivity index is 2.09. The van der Waals surface area contributed by atoms with E-state index in [1.54, 1.807) is 0 Å². The molecule has 3 N–H and O–H groups in total. The van der Waals surface area contributed by atoms with E-state index in [4.69, 9.17) is 17.3 Å². The first-order chi connectivity index (χ1) is 9.49. The number of nitrogens with zero attached hydrogens (tertiary/aromatic N) is 1. The predicted molar refractivity (Wildman–Crippen MR) is 83.8 cm³/mol. The monoisotopic (exact) mass is 296 g/mol. The molecule has 1 aliphatic rings. The molecule has 1 aliphatic heterocycles. The molecule has 20 heavy (non-hydrogen) atoms. The largest absolute Gasteiger partial charge is 0.393 e. The Hall–Kier alpha value is -0.610. The lowest BCUT2D eigenvalue weighted by atomic mass is 9.89. The molecule has 3 unspecified atom stereocenters. The normalized spacial score (nSPS) is 22.4. The van der Waals surface area contributed by atoms with E-state index in [2.05, 4.69) is 24.0 Å². The van der Waals surface area contributed by atoms with Gasteiger partial charge in [-0.25, -0.2) is 0 Å². The van der Waals surface area contributed by atoms with Gasteiger partial charge in [0.1, 0.15) is 0 Å². The smallest absolute Gasteiger partial charge is 0.0541 e. The second-order valence-electron chi connectivity index (χ2n) is 5.97. The van der Waals surface area contributed by atoms with Crippen molar-refractivity contribution in [3.05, 3.63) is 34.9 Å². The van der Waals surface area contributed by atoms with E-state index in [0.717, 1.165) is 31.0 Å². The van der Waals surface area contributed by atoms with Crippen molar-refractivity contribution in [1.29, 1.82) is 0 Å². The summed E-state index contributed by atoms with van der Waals surface area (Å²) in [5.41, 5.74) is 7.43. The maximum atomic E-state index is 9.70. The molecule has 0 aliphatic carbocycles. The van der Waals surface area contributed by atoms with Gasteiger partial charge in [0.15, 0.2) is 0 Å². The van der Waals surface area contributed by atoms with Crippen LogP contribution < -0.4 is 5.73 Å². The van der Waals surface area contributed by atoms with Crippen LogP contribution in [-0.4, -0.2) is 35.2 Å². The van der Waals surface area contributed by atoms with E-state index in [9.17, 15) is 5.11 Å². The maximum Gasteiger partial charge on any atom is 0.0541 e. The number of benzene rings is 1.